The molecule has 0 spiro atoms. The summed E-state index contributed by atoms with van der Waals surface area (Å²) >= 11 is 0. The first-order valence-corrected chi connectivity index (χ1v) is 4.27. The van der Waals surface area contributed by atoms with E-state index in [0.717, 1.165) is 19.4 Å². The van der Waals surface area contributed by atoms with Crippen LogP contribution in [0.15, 0.2) is 35.4 Å². The molecule has 2 heteroatoms. The van der Waals surface area contributed by atoms with Gasteiger partial charge in [-0.05, 0) is 5.56 Å². The smallest absolute Gasteiger partial charge is 0.0440 e. The lowest BCUT2D eigenvalue weighted by atomic mass is 10.1. The maximum Gasteiger partial charge on any atom is 0.0440 e. The number of nitrogens with zero attached hydrogens (tertiary/aromatic N) is 1. The highest BCUT2D eigenvalue weighted by Crippen LogP contribution is 2.04. The largest absolute Gasteiger partial charge is 0.310 e. The molecule has 1 aromatic rings. The second-order valence-electron chi connectivity index (χ2n) is 3.00. The van der Waals surface area contributed by atoms with Crippen molar-refractivity contribution in [3.8, 4) is 0 Å². The van der Waals surface area contributed by atoms with Crippen molar-refractivity contribution in [1.82, 2.24) is 5.43 Å². The van der Waals surface area contributed by atoms with Gasteiger partial charge in [0.1, 0.15) is 0 Å². The van der Waals surface area contributed by atoms with Crippen LogP contribution in [0.3, 0.4) is 0 Å². The predicted molar refractivity (Wildman–Crippen MR) is 50.2 cm³/mol. The molecule has 0 radical (unpaired) electrons. The maximum absolute atomic E-state index is 4.20. The number of hydrogen-bond acceptors (Lipinski definition) is 2. The highest BCUT2D eigenvalue weighted by Gasteiger charge is 2.05. The molecular weight excluding hydrogens is 148 g/mol. The Labute approximate surface area is 72.3 Å². The van der Waals surface area contributed by atoms with Gasteiger partial charge in [-0.25, -0.2) is 0 Å². The molecule has 12 heavy (non-hydrogen) atoms. The van der Waals surface area contributed by atoms with Crippen LogP contribution in [0.25, 0.3) is 0 Å². The molecule has 1 heterocycles. The van der Waals surface area contributed by atoms with Crippen LogP contribution in [0, 0.1) is 0 Å². The lowest BCUT2D eigenvalue weighted by Gasteiger charge is -1.97. The zero-order chi connectivity index (χ0) is 8.23. The van der Waals surface area contributed by atoms with Crippen LogP contribution in [-0.2, 0) is 6.42 Å². The highest BCUT2D eigenvalue weighted by atomic mass is 15.3. The van der Waals surface area contributed by atoms with Crippen molar-refractivity contribution in [2.75, 3.05) is 6.54 Å². The van der Waals surface area contributed by atoms with Crippen molar-refractivity contribution in [2.45, 2.75) is 12.8 Å². The minimum Gasteiger partial charge on any atom is -0.310 e. The van der Waals surface area contributed by atoms with Gasteiger partial charge < -0.3 is 5.43 Å². The number of hydrazone groups is 1. The molecule has 0 amide bonds. The van der Waals surface area contributed by atoms with Gasteiger partial charge in [0.25, 0.3) is 0 Å². The predicted octanol–water partition coefficient (Wildman–Crippen LogP) is 1.58. The number of benzene rings is 1. The van der Waals surface area contributed by atoms with Gasteiger partial charge in [0, 0.05) is 25.1 Å². The third kappa shape index (κ3) is 1.64. The highest BCUT2D eigenvalue weighted by molar-refractivity contribution is 5.87. The van der Waals surface area contributed by atoms with E-state index in [-0.39, 0.29) is 0 Å². The third-order valence-electron chi connectivity index (χ3n) is 2.01. The van der Waals surface area contributed by atoms with E-state index in [1.807, 2.05) is 6.07 Å². The average Bonchev–Trinajstić information content (AvgIpc) is 2.59. The van der Waals surface area contributed by atoms with Crippen LogP contribution in [-0.4, -0.2) is 12.3 Å². The molecule has 1 aromatic carbocycles. The molecule has 0 saturated heterocycles. The van der Waals surface area contributed by atoms with Gasteiger partial charge in [0.2, 0.25) is 0 Å². The first-order chi connectivity index (χ1) is 5.95. The standard InChI is InChI=1S/C10H12N2/c1-2-4-9(5-3-1)8-10-6-7-11-12-10/h1-5,11H,6-8H2. The molecule has 0 aromatic heterocycles. The second kappa shape index (κ2) is 3.39. The van der Waals surface area contributed by atoms with Crippen molar-refractivity contribution < 1.29 is 0 Å². The first kappa shape index (κ1) is 7.35. The maximum atomic E-state index is 4.20. The Morgan fingerprint density at radius 1 is 1.25 bits per heavy atom. The quantitative estimate of drug-likeness (QED) is 0.698. The second-order valence-corrected chi connectivity index (χ2v) is 3.00. The van der Waals surface area contributed by atoms with E-state index in [9.17, 15) is 0 Å². The van der Waals surface area contributed by atoms with E-state index in [2.05, 4.69) is 34.8 Å². The molecule has 0 saturated carbocycles. The Kier molecular flexibility index (Phi) is 2.08. The van der Waals surface area contributed by atoms with Crippen LogP contribution in [0.2, 0.25) is 0 Å². The van der Waals surface area contributed by atoms with Gasteiger partial charge in [-0.2, -0.15) is 5.10 Å². The molecule has 0 fully saturated rings. The van der Waals surface area contributed by atoms with Gasteiger partial charge in [0.05, 0.1) is 0 Å². The fraction of sp³-hybridized carbons (Fsp3) is 0.300. The molecule has 2 nitrogen and oxygen atoms in total. The van der Waals surface area contributed by atoms with Crippen LogP contribution in [0.1, 0.15) is 12.0 Å². The molecule has 0 bridgehead atoms. The number of rotatable bonds is 2. The minimum atomic E-state index is 0.994. The summed E-state index contributed by atoms with van der Waals surface area (Å²) in [5.74, 6) is 0. The van der Waals surface area contributed by atoms with Gasteiger partial charge in [0.15, 0.2) is 0 Å². The minimum absolute atomic E-state index is 0.994. The summed E-state index contributed by atoms with van der Waals surface area (Å²) in [6, 6.07) is 10.5. The summed E-state index contributed by atoms with van der Waals surface area (Å²) < 4.78 is 0. The van der Waals surface area contributed by atoms with Crippen molar-refractivity contribution in [1.29, 1.82) is 0 Å². The zero-order valence-corrected chi connectivity index (χ0v) is 6.96. The van der Waals surface area contributed by atoms with E-state index in [4.69, 9.17) is 0 Å². The van der Waals surface area contributed by atoms with E-state index in [1.165, 1.54) is 11.3 Å². The summed E-state index contributed by atoms with van der Waals surface area (Å²) in [5.41, 5.74) is 5.59. The molecular formula is C10H12N2. The third-order valence-corrected chi connectivity index (χ3v) is 2.01. The Hall–Kier alpha value is -1.31. The van der Waals surface area contributed by atoms with E-state index < -0.39 is 0 Å². The monoisotopic (exact) mass is 160 g/mol. The fourth-order valence-electron chi connectivity index (χ4n) is 1.38. The Balaban J connectivity index is 2.04. The topological polar surface area (TPSA) is 24.4 Å². The van der Waals surface area contributed by atoms with Crippen molar-refractivity contribution in [2.24, 2.45) is 5.10 Å². The molecule has 0 aliphatic carbocycles. The van der Waals surface area contributed by atoms with Crippen molar-refractivity contribution in [3.63, 3.8) is 0 Å². The van der Waals surface area contributed by atoms with Crippen LogP contribution < -0.4 is 5.43 Å². The van der Waals surface area contributed by atoms with Crippen LogP contribution in [0.4, 0.5) is 0 Å². The summed E-state index contributed by atoms with van der Waals surface area (Å²) in [6.45, 7) is 1.00. The molecule has 0 atom stereocenters. The molecule has 1 N–H and O–H groups in total. The molecule has 1 aliphatic heterocycles. The van der Waals surface area contributed by atoms with Gasteiger partial charge >= 0.3 is 0 Å². The Morgan fingerprint density at radius 3 is 2.75 bits per heavy atom. The van der Waals surface area contributed by atoms with E-state index >= 15 is 0 Å². The van der Waals surface area contributed by atoms with Crippen molar-refractivity contribution >= 4 is 5.71 Å². The lowest BCUT2D eigenvalue weighted by molar-refractivity contribution is 0.813. The summed E-state index contributed by atoms with van der Waals surface area (Å²) in [5, 5.41) is 4.20. The fourth-order valence-corrected chi connectivity index (χ4v) is 1.38. The number of nitrogens with one attached hydrogen (secondary N) is 1. The van der Waals surface area contributed by atoms with Crippen molar-refractivity contribution in [3.05, 3.63) is 35.9 Å². The van der Waals surface area contributed by atoms with Crippen LogP contribution in [0.5, 0.6) is 0 Å². The lowest BCUT2D eigenvalue weighted by Crippen LogP contribution is -1.99. The summed E-state index contributed by atoms with van der Waals surface area (Å²) in [6.07, 6.45) is 2.09. The van der Waals surface area contributed by atoms with Gasteiger partial charge in [-0.1, -0.05) is 30.3 Å². The van der Waals surface area contributed by atoms with Gasteiger partial charge in [-0.15, -0.1) is 0 Å². The number of hydrogen-bond donors (Lipinski definition) is 1. The molecule has 0 unspecified atom stereocenters. The Morgan fingerprint density at radius 2 is 2.08 bits per heavy atom. The molecule has 62 valence electrons. The SMILES string of the molecule is c1ccc(CC2=NNCC2)cc1. The van der Waals surface area contributed by atoms with Gasteiger partial charge in [-0.3, -0.25) is 0 Å². The summed E-state index contributed by atoms with van der Waals surface area (Å²) in [7, 11) is 0. The van der Waals surface area contributed by atoms with Crippen LogP contribution >= 0.6 is 0 Å². The normalized spacial score (nSPS) is 15.5. The molecule has 2 rings (SSSR count). The van der Waals surface area contributed by atoms with E-state index in [1.54, 1.807) is 0 Å². The Bertz CT molecular complexity index is 277. The molecule has 1 aliphatic rings. The summed E-state index contributed by atoms with van der Waals surface area (Å²) in [4.78, 5) is 0. The zero-order valence-electron chi connectivity index (χ0n) is 6.96. The average molecular weight is 160 g/mol. The van der Waals surface area contributed by atoms with E-state index in [0.29, 0.717) is 0 Å². The first-order valence-electron chi connectivity index (χ1n) is 4.27.